The second-order valence-corrected chi connectivity index (χ2v) is 9.33. The number of anilines is 3. The van der Waals surface area contributed by atoms with Gasteiger partial charge in [-0.1, -0.05) is 0 Å². The lowest BCUT2D eigenvalue weighted by atomic mass is 10.2. The van der Waals surface area contributed by atoms with Crippen LogP contribution in [0.4, 0.5) is 17.2 Å². The normalized spacial score (nSPS) is 20.0. The topological polar surface area (TPSA) is 105 Å². The highest BCUT2D eigenvalue weighted by atomic mass is 16.3. The van der Waals surface area contributed by atoms with Gasteiger partial charge in [-0.25, -0.2) is 9.97 Å². The van der Waals surface area contributed by atoms with Crippen molar-refractivity contribution in [3.8, 4) is 11.3 Å². The Hall–Kier alpha value is -3.85. The highest BCUT2D eigenvalue weighted by Gasteiger charge is 2.43. The maximum absolute atomic E-state index is 11.4. The lowest BCUT2D eigenvalue weighted by molar-refractivity contribution is 0.0974. The van der Waals surface area contributed by atoms with Crippen molar-refractivity contribution in [2.75, 3.05) is 23.3 Å². The van der Waals surface area contributed by atoms with Gasteiger partial charge in [0.15, 0.2) is 17.2 Å². The minimum atomic E-state index is -0.609. The van der Waals surface area contributed by atoms with E-state index in [9.17, 15) is 4.79 Å². The van der Waals surface area contributed by atoms with E-state index in [1.807, 2.05) is 10.6 Å². The summed E-state index contributed by atoms with van der Waals surface area (Å²) in [4.78, 5) is 25.6. The van der Waals surface area contributed by atoms with Crippen molar-refractivity contribution in [1.29, 1.82) is 0 Å². The van der Waals surface area contributed by atoms with Gasteiger partial charge < -0.3 is 20.4 Å². The molecule has 2 fully saturated rings. The number of nitrogens with two attached hydrogens (primary N) is 1. The molecule has 3 N–H and O–H groups in total. The summed E-state index contributed by atoms with van der Waals surface area (Å²) in [5.74, 6) is 0.142. The summed E-state index contributed by atoms with van der Waals surface area (Å²) in [6.45, 7) is 6.82. The zero-order chi connectivity index (χ0) is 23.4. The van der Waals surface area contributed by atoms with Crippen molar-refractivity contribution in [3.05, 3.63) is 60.9 Å². The number of likely N-dealkylation sites (tertiary alicyclic amines) is 1. The fourth-order valence-electron chi connectivity index (χ4n) is 5.34. The number of piperazine rings is 1. The van der Waals surface area contributed by atoms with Crippen LogP contribution in [0.2, 0.25) is 0 Å². The molecule has 1 aromatic carbocycles. The number of carbonyl (C=O) groups excluding carboxylic acids is 1. The molecule has 9 heteroatoms. The molecular weight excluding hydrogens is 430 g/mol. The molecule has 2 atom stereocenters. The van der Waals surface area contributed by atoms with Crippen LogP contribution in [0.15, 0.2) is 59.6 Å². The summed E-state index contributed by atoms with van der Waals surface area (Å²) in [7, 11) is 0. The van der Waals surface area contributed by atoms with Gasteiger partial charge in [-0.15, -0.1) is 0 Å². The first-order chi connectivity index (χ1) is 16.5. The molecule has 0 radical (unpaired) electrons. The Labute approximate surface area is 197 Å². The molecule has 3 aromatic heterocycles. The fourth-order valence-corrected chi connectivity index (χ4v) is 5.34. The van der Waals surface area contributed by atoms with Crippen LogP contribution < -0.4 is 16.0 Å². The van der Waals surface area contributed by atoms with Gasteiger partial charge in [-0.2, -0.15) is 0 Å². The molecule has 2 bridgehead atoms. The van der Waals surface area contributed by atoms with E-state index in [-0.39, 0.29) is 5.76 Å². The molecule has 0 unspecified atom stereocenters. The molecule has 2 aliphatic heterocycles. The van der Waals surface area contributed by atoms with Gasteiger partial charge in [-0.05, 0) is 50.6 Å². The van der Waals surface area contributed by atoms with Crippen molar-refractivity contribution < 1.29 is 9.21 Å². The molecule has 0 spiro atoms. The molecule has 1 amide bonds. The number of hydrogen-bond acceptors (Lipinski definition) is 7. The molecular formula is C25H27N7O2. The van der Waals surface area contributed by atoms with E-state index in [0.717, 1.165) is 24.5 Å². The van der Waals surface area contributed by atoms with Crippen LogP contribution in [-0.2, 0) is 0 Å². The number of carbonyl (C=O) groups is 1. The maximum Gasteiger partial charge on any atom is 0.284 e. The smallest absolute Gasteiger partial charge is 0.284 e. The van der Waals surface area contributed by atoms with Crippen molar-refractivity contribution in [3.63, 3.8) is 0 Å². The largest absolute Gasteiger partial charge is 0.458 e. The lowest BCUT2D eigenvalue weighted by Crippen LogP contribution is -2.48. The summed E-state index contributed by atoms with van der Waals surface area (Å²) in [5, 5.41) is 3.39. The first-order valence-electron chi connectivity index (χ1n) is 11.6. The number of imidazole rings is 1. The average molecular weight is 458 g/mol. The number of rotatable bonds is 6. The van der Waals surface area contributed by atoms with Crippen molar-refractivity contribution >= 4 is 28.7 Å². The standard InChI is InChI=1S/C25H27N7O2/c1-15(2)31-12-20-10-19(31)13-32(20)18-5-3-17(4-6-18)29-24-25-27-7-8-30(25)21(11-28-24)16-9-22(23(26)33)34-14-16/h3-9,11,14-15,19-20H,10,12-13H2,1-2H3,(H2,26,33)(H,28,29)/t19-,20-/m1/s1. The zero-order valence-corrected chi connectivity index (χ0v) is 19.2. The monoisotopic (exact) mass is 457 g/mol. The van der Waals surface area contributed by atoms with Crippen LogP contribution in [0.1, 0.15) is 30.8 Å². The van der Waals surface area contributed by atoms with Gasteiger partial charge in [0.25, 0.3) is 5.91 Å². The molecule has 0 saturated carbocycles. The second-order valence-electron chi connectivity index (χ2n) is 9.33. The number of aromatic nitrogens is 3. The third-order valence-electron chi connectivity index (χ3n) is 6.97. The van der Waals surface area contributed by atoms with Gasteiger partial charge in [-0.3, -0.25) is 14.1 Å². The van der Waals surface area contributed by atoms with Crippen LogP contribution in [0.5, 0.6) is 0 Å². The Morgan fingerprint density at radius 1 is 1.18 bits per heavy atom. The molecule has 0 aliphatic carbocycles. The van der Waals surface area contributed by atoms with Gasteiger partial charge in [0.1, 0.15) is 6.26 Å². The third-order valence-corrected chi connectivity index (χ3v) is 6.97. The summed E-state index contributed by atoms with van der Waals surface area (Å²) < 4.78 is 7.17. The van der Waals surface area contributed by atoms with Crippen molar-refractivity contribution in [2.24, 2.45) is 5.73 Å². The quantitative estimate of drug-likeness (QED) is 0.457. The van der Waals surface area contributed by atoms with Gasteiger partial charge in [0, 0.05) is 60.5 Å². The Bertz CT molecular complexity index is 1360. The highest BCUT2D eigenvalue weighted by Crippen LogP contribution is 2.36. The van der Waals surface area contributed by atoms with E-state index in [2.05, 4.69) is 63.2 Å². The molecule has 174 valence electrons. The van der Waals surface area contributed by atoms with Crippen LogP contribution in [0.3, 0.4) is 0 Å². The Morgan fingerprint density at radius 3 is 2.68 bits per heavy atom. The number of fused-ring (bicyclic) bond motifs is 3. The maximum atomic E-state index is 11.4. The number of amides is 1. The van der Waals surface area contributed by atoms with E-state index in [1.54, 1.807) is 18.5 Å². The van der Waals surface area contributed by atoms with E-state index in [0.29, 0.717) is 35.2 Å². The number of primary amides is 1. The summed E-state index contributed by atoms with van der Waals surface area (Å²) >= 11 is 0. The number of nitrogens with zero attached hydrogens (tertiary/aromatic N) is 5. The summed E-state index contributed by atoms with van der Waals surface area (Å²) in [5.41, 5.74) is 9.66. The molecule has 2 saturated heterocycles. The van der Waals surface area contributed by atoms with Crippen LogP contribution in [0, 0.1) is 0 Å². The molecule has 4 aromatic rings. The SMILES string of the molecule is CC(C)N1C[C@H]2C[C@@H]1CN2c1ccc(Nc2ncc(-c3coc(C(N)=O)c3)n3ccnc23)cc1. The Kier molecular flexibility index (Phi) is 4.80. The van der Waals surface area contributed by atoms with E-state index in [4.69, 9.17) is 10.2 Å². The van der Waals surface area contributed by atoms with Gasteiger partial charge >= 0.3 is 0 Å². The molecule has 2 aliphatic rings. The van der Waals surface area contributed by atoms with E-state index >= 15 is 0 Å². The van der Waals surface area contributed by atoms with Crippen LogP contribution in [-0.4, -0.2) is 56.4 Å². The van der Waals surface area contributed by atoms with Gasteiger partial charge in [0.05, 0.1) is 11.9 Å². The Balaban J connectivity index is 1.21. The van der Waals surface area contributed by atoms with E-state index < -0.39 is 5.91 Å². The van der Waals surface area contributed by atoms with Crippen molar-refractivity contribution in [1.82, 2.24) is 19.3 Å². The number of hydrogen-bond donors (Lipinski definition) is 2. The highest BCUT2D eigenvalue weighted by molar-refractivity contribution is 5.91. The van der Waals surface area contributed by atoms with Crippen LogP contribution >= 0.6 is 0 Å². The number of furan rings is 1. The predicted octanol–water partition coefficient (Wildman–Crippen LogP) is 3.50. The Morgan fingerprint density at radius 2 is 2.00 bits per heavy atom. The predicted molar refractivity (Wildman–Crippen MR) is 130 cm³/mol. The molecule has 5 heterocycles. The zero-order valence-electron chi connectivity index (χ0n) is 19.2. The first kappa shape index (κ1) is 20.7. The molecule has 9 nitrogen and oxygen atoms in total. The fraction of sp³-hybridized carbons (Fsp3) is 0.320. The van der Waals surface area contributed by atoms with Crippen LogP contribution in [0.25, 0.3) is 16.9 Å². The van der Waals surface area contributed by atoms with Gasteiger partial charge in [0.2, 0.25) is 0 Å². The number of benzene rings is 1. The third kappa shape index (κ3) is 3.40. The lowest BCUT2D eigenvalue weighted by Gasteiger charge is -2.37. The first-order valence-corrected chi connectivity index (χ1v) is 11.6. The second kappa shape index (κ2) is 7.88. The molecule has 34 heavy (non-hydrogen) atoms. The van der Waals surface area contributed by atoms with E-state index in [1.165, 1.54) is 18.4 Å². The number of nitrogens with one attached hydrogen (secondary N) is 1. The minimum Gasteiger partial charge on any atom is -0.458 e. The summed E-state index contributed by atoms with van der Waals surface area (Å²) in [6.07, 6.45) is 8.04. The average Bonchev–Trinajstić information content (AvgIpc) is 3.63. The minimum absolute atomic E-state index is 0.105. The van der Waals surface area contributed by atoms with Crippen molar-refractivity contribution in [2.45, 2.75) is 38.4 Å². The summed E-state index contributed by atoms with van der Waals surface area (Å²) in [6, 6.07) is 12.0. The molecule has 6 rings (SSSR count).